The van der Waals surface area contributed by atoms with Crippen molar-refractivity contribution in [2.45, 2.75) is 13.8 Å². The van der Waals surface area contributed by atoms with E-state index in [1.165, 1.54) is 0 Å². The number of hydrogen-bond acceptors (Lipinski definition) is 4. The fourth-order valence-electron chi connectivity index (χ4n) is 3.02. The first-order valence-electron chi connectivity index (χ1n) is 8.17. The quantitative estimate of drug-likeness (QED) is 0.503. The highest BCUT2D eigenvalue weighted by Gasteiger charge is 2.14. The zero-order chi connectivity index (χ0) is 18.3. The van der Waals surface area contributed by atoms with Crippen molar-refractivity contribution >= 4 is 33.4 Å². The second kappa shape index (κ2) is 6.07. The first-order valence-corrected chi connectivity index (χ1v) is 8.17. The minimum atomic E-state index is -0.498. The number of benzene rings is 2. The van der Waals surface area contributed by atoms with Crippen molar-refractivity contribution in [3.8, 4) is 5.88 Å². The molecule has 0 bridgehead atoms. The van der Waals surface area contributed by atoms with Gasteiger partial charge in [0.25, 0.3) is 5.91 Å². The van der Waals surface area contributed by atoms with Crippen molar-refractivity contribution < 1.29 is 9.90 Å². The predicted molar refractivity (Wildman–Crippen MR) is 100 cm³/mol. The van der Waals surface area contributed by atoms with E-state index in [2.05, 4.69) is 20.2 Å². The first-order chi connectivity index (χ1) is 12.5. The third-order valence-corrected chi connectivity index (χ3v) is 4.38. The van der Waals surface area contributed by atoms with Crippen molar-refractivity contribution in [2.24, 2.45) is 10.2 Å². The monoisotopic (exact) mass is 344 g/mol. The number of azo groups is 1. The summed E-state index contributed by atoms with van der Waals surface area (Å²) in [5, 5.41) is 19.5. The Morgan fingerprint density at radius 3 is 2.77 bits per heavy atom. The van der Waals surface area contributed by atoms with Gasteiger partial charge in [0.15, 0.2) is 5.69 Å². The molecule has 0 saturated heterocycles. The number of carbonyl (C=O) groups excluding carboxylic acids is 1. The van der Waals surface area contributed by atoms with Crippen molar-refractivity contribution in [1.82, 2.24) is 9.97 Å². The smallest absolute Gasteiger partial charge is 0.297 e. The molecule has 0 saturated carbocycles. The average molecular weight is 344 g/mol. The molecule has 2 N–H and O–H groups in total. The number of aryl methyl sites for hydroxylation is 2. The Kier molecular flexibility index (Phi) is 3.73. The van der Waals surface area contributed by atoms with Gasteiger partial charge >= 0.3 is 0 Å². The van der Waals surface area contributed by atoms with E-state index in [0.29, 0.717) is 16.6 Å². The fourth-order valence-corrected chi connectivity index (χ4v) is 3.02. The molecule has 0 aliphatic rings. The van der Waals surface area contributed by atoms with Crippen LogP contribution in [0.1, 0.15) is 21.6 Å². The van der Waals surface area contributed by atoms with Crippen LogP contribution in [0.4, 0.5) is 5.69 Å². The first kappa shape index (κ1) is 16.0. The number of hydrogen-bond donors (Lipinski definition) is 2. The molecule has 128 valence electrons. The van der Waals surface area contributed by atoms with E-state index in [1.54, 1.807) is 13.0 Å². The third kappa shape index (κ3) is 2.61. The molecule has 0 radical (unpaired) electrons. The van der Waals surface area contributed by atoms with Gasteiger partial charge in [-0.15, -0.1) is 10.2 Å². The number of pyridine rings is 1. The SMILES string of the molecule is Cc1nc2ccccc2cc1C(=O)N=Nc1c(O)[nH]c2c(C)cccc12. The maximum Gasteiger partial charge on any atom is 0.297 e. The van der Waals surface area contributed by atoms with Crippen LogP contribution in [0.3, 0.4) is 0 Å². The van der Waals surface area contributed by atoms with Crippen LogP contribution < -0.4 is 0 Å². The molecule has 0 unspecified atom stereocenters. The summed E-state index contributed by atoms with van der Waals surface area (Å²) in [7, 11) is 0. The molecule has 6 heteroatoms. The van der Waals surface area contributed by atoms with E-state index < -0.39 is 5.91 Å². The molecule has 0 fully saturated rings. The van der Waals surface area contributed by atoms with Crippen molar-refractivity contribution in [2.75, 3.05) is 0 Å². The van der Waals surface area contributed by atoms with Gasteiger partial charge in [0.2, 0.25) is 5.88 Å². The maximum atomic E-state index is 12.5. The summed E-state index contributed by atoms with van der Waals surface area (Å²) >= 11 is 0. The largest absolute Gasteiger partial charge is 0.493 e. The van der Waals surface area contributed by atoms with E-state index in [4.69, 9.17) is 0 Å². The van der Waals surface area contributed by atoms with E-state index in [0.717, 1.165) is 22.0 Å². The van der Waals surface area contributed by atoms with Crippen LogP contribution in [0.5, 0.6) is 5.88 Å². The molecule has 1 amide bonds. The third-order valence-electron chi connectivity index (χ3n) is 4.38. The topological polar surface area (TPSA) is 90.7 Å². The molecule has 2 aromatic carbocycles. The summed E-state index contributed by atoms with van der Waals surface area (Å²) in [4.78, 5) is 19.8. The van der Waals surface area contributed by atoms with Crippen LogP contribution >= 0.6 is 0 Å². The molecule has 4 rings (SSSR count). The van der Waals surface area contributed by atoms with Gasteiger partial charge in [0.05, 0.1) is 22.3 Å². The standard InChI is InChI=1S/C20H16N4O2/c1-11-6-5-8-14-17(11)22-20(26)18(14)23-24-19(25)15-10-13-7-3-4-9-16(13)21-12(15)2/h3-10,22,26H,1-2H3. The molecule has 0 aliphatic heterocycles. The lowest BCUT2D eigenvalue weighted by molar-refractivity contribution is 0.0994. The molecule has 0 spiro atoms. The highest BCUT2D eigenvalue weighted by molar-refractivity contribution is 6.00. The van der Waals surface area contributed by atoms with Crippen LogP contribution in [0.25, 0.3) is 21.8 Å². The van der Waals surface area contributed by atoms with E-state index in [1.807, 2.05) is 49.4 Å². The molecule has 4 aromatic rings. The lowest BCUT2D eigenvalue weighted by atomic mass is 10.1. The fraction of sp³-hybridized carbons (Fsp3) is 0.100. The summed E-state index contributed by atoms with van der Waals surface area (Å²) in [6, 6.07) is 14.9. The number of aromatic hydroxyl groups is 1. The van der Waals surface area contributed by atoms with E-state index in [9.17, 15) is 9.90 Å². The van der Waals surface area contributed by atoms with Crippen LogP contribution in [0.15, 0.2) is 58.8 Å². The number of para-hydroxylation sites is 2. The van der Waals surface area contributed by atoms with Crippen LogP contribution in [0, 0.1) is 13.8 Å². The Labute approximate surface area is 149 Å². The summed E-state index contributed by atoms with van der Waals surface area (Å²) < 4.78 is 0. The van der Waals surface area contributed by atoms with Gasteiger partial charge in [-0.3, -0.25) is 9.78 Å². The predicted octanol–water partition coefficient (Wildman–Crippen LogP) is 4.96. The van der Waals surface area contributed by atoms with Crippen molar-refractivity contribution in [1.29, 1.82) is 0 Å². The number of carbonyl (C=O) groups is 1. The molecule has 2 aromatic heterocycles. The van der Waals surface area contributed by atoms with Gasteiger partial charge in [-0.2, -0.15) is 0 Å². The average Bonchev–Trinajstić information content (AvgIpc) is 2.96. The van der Waals surface area contributed by atoms with E-state index in [-0.39, 0.29) is 11.6 Å². The van der Waals surface area contributed by atoms with E-state index >= 15 is 0 Å². The molecule has 2 heterocycles. The lowest BCUT2D eigenvalue weighted by Gasteiger charge is -2.03. The number of fused-ring (bicyclic) bond motifs is 2. The van der Waals surface area contributed by atoms with Crippen molar-refractivity contribution in [3.63, 3.8) is 0 Å². The van der Waals surface area contributed by atoms with Gasteiger partial charge in [-0.05, 0) is 31.5 Å². The van der Waals surface area contributed by atoms with Crippen molar-refractivity contribution in [3.05, 3.63) is 65.4 Å². The van der Waals surface area contributed by atoms with Crippen LogP contribution in [0.2, 0.25) is 0 Å². The molecule has 0 atom stereocenters. The number of nitrogens with one attached hydrogen (secondary N) is 1. The Bertz CT molecular complexity index is 1190. The maximum absolute atomic E-state index is 12.5. The number of amides is 1. The zero-order valence-electron chi connectivity index (χ0n) is 14.3. The summed E-state index contributed by atoms with van der Waals surface area (Å²) in [6.07, 6.45) is 0. The molecular formula is C20H16N4O2. The number of aromatic nitrogens is 2. The number of aromatic amines is 1. The van der Waals surface area contributed by atoms with Gasteiger partial charge in [-0.25, -0.2) is 0 Å². The number of rotatable bonds is 2. The van der Waals surface area contributed by atoms with Crippen LogP contribution in [-0.4, -0.2) is 21.0 Å². The van der Waals surface area contributed by atoms with Gasteiger partial charge in [0.1, 0.15) is 0 Å². The molecule has 0 aliphatic carbocycles. The number of H-pyrrole nitrogens is 1. The Morgan fingerprint density at radius 1 is 1.12 bits per heavy atom. The minimum Gasteiger partial charge on any atom is -0.493 e. The summed E-state index contributed by atoms with van der Waals surface area (Å²) in [5.41, 5.74) is 3.80. The van der Waals surface area contributed by atoms with Gasteiger partial charge in [0, 0.05) is 10.8 Å². The highest BCUT2D eigenvalue weighted by Crippen LogP contribution is 2.36. The second-order valence-corrected chi connectivity index (χ2v) is 6.14. The Balaban J connectivity index is 1.74. The second-order valence-electron chi connectivity index (χ2n) is 6.14. The number of nitrogens with zero attached hydrogens (tertiary/aromatic N) is 3. The lowest BCUT2D eigenvalue weighted by Crippen LogP contribution is -2.00. The van der Waals surface area contributed by atoms with Crippen LogP contribution in [-0.2, 0) is 0 Å². The molecular weight excluding hydrogens is 328 g/mol. The van der Waals surface area contributed by atoms with Gasteiger partial charge in [-0.1, -0.05) is 36.4 Å². The molecule has 6 nitrogen and oxygen atoms in total. The molecule has 26 heavy (non-hydrogen) atoms. The normalized spacial score (nSPS) is 11.6. The Morgan fingerprint density at radius 2 is 1.92 bits per heavy atom. The van der Waals surface area contributed by atoms with Gasteiger partial charge < -0.3 is 10.1 Å². The zero-order valence-corrected chi connectivity index (χ0v) is 14.3. The highest BCUT2D eigenvalue weighted by atomic mass is 16.3. The Hall–Kier alpha value is -3.54. The summed E-state index contributed by atoms with van der Waals surface area (Å²) in [5.74, 6) is -0.610. The minimum absolute atomic E-state index is 0.112. The summed E-state index contributed by atoms with van der Waals surface area (Å²) in [6.45, 7) is 3.69.